The predicted octanol–water partition coefficient (Wildman–Crippen LogP) is -2.24. The zero-order valence-electron chi connectivity index (χ0n) is 18.0. The van der Waals surface area contributed by atoms with Crippen LogP contribution in [0.2, 0.25) is 0 Å². The molecule has 0 radical (unpaired) electrons. The molecular weight excluding hydrogens is 446 g/mol. The molecule has 182 valence electrons. The number of thioether (sulfide) groups is 1. The van der Waals surface area contributed by atoms with Gasteiger partial charge in [-0.2, -0.15) is 11.8 Å². The highest BCUT2D eigenvalue weighted by Crippen LogP contribution is 2.06. The Bertz CT molecular complexity index is 703. The van der Waals surface area contributed by atoms with Gasteiger partial charge in [0.1, 0.15) is 18.1 Å². The molecule has 4 unspecified atom stereocenters. The second kappa shape index (κ2) is 15.0. The molecule has 4 atom stereocenters. The van der Waals surface area contributed by atoms with Gasteiger partial charge in [0.2, 0.25) is 23.6 Å². The topological polar surface area (TPSA) is 231 Å². The van der Waals surface area contributed by atoms with Crippen molar-refractivity contribution in [2.45, 2.75) is 63.2 Å². The van der Waals surface area contributed by atoms with E-state index in [-0.39, 0.29) is 25.7 Å². The van der Waals surface area contributed by atoms with Gasteiger partial charge in [-0.05, 0) is 38.2 Å². The molecule has 0 saturated heterocycles. The van der Waals surface area contributed by atoms with Crippen LogP contribution < -0.4 is 27.4 Å². The largest absolute Gasteiger partial charge is 0.481 e. The fraction of sp³-hybridized carbons (Fsp3) is 0.667. The second-order valence-electron chi connectivity index (χ2n) is 7.03. The number of hydrogen-bond donors (Lipinski definition) is 7. The van der Waals surface area contributed by atoms with E-state index in [1.165, 1.54) is 18.7 Å². The first-order valence-electron chi connectivity index (χ1n) is 9.77. The Morgan fingerprint density at radius 3 is 1.69 bits per heavy atom. The summed E-state index contributed by atoms with van der Waals surface area (Å²) in [5.41, 5.74) is 10.6. The summed E-state index contributed by atoms with van der Waals surface area (Å²) in [6.45, 7) is 1.37. The summed E-state index contributed by atoms with van der Waals surface area (Å²) in [7, 11) is 0. The third-order valence-corrected chi connectivity index (χ3v) is 4.87. The fourth-order valence-corrected chi connectivity index (χ4v) is 2.90. The molecule has 13 nitrogen and oxygen atoms in total. The van der Waals surface area contributed by atoms with Crippen molar-refractivity contribution in [2.24, 2.45) is 11.5 Å². The zero-order chi connectivity index (χ0) is 24.8. The lowest BCUT2D eigenvalue weighted by atomic mass is 10.1. The zero-order valence-corrected chi connectivity index (χ0v) is 18.8. The smallest absolute Gasteiger partial charge is 0.326 e. The Balaban J connectivity index is 5.49. The van der Waals surface area contributed by atoms with Crippen LogP contribution in [0.4, 0.5) is 0 Å². The lowest BCUT2D eigenvalue weighted by Crippen LogP contribution is -2.57. The quantitative estimate of drug-likeness (QED) is 0.126. The highest BCUT2D eigenvalue weighted by atomic mass is 32.2. The van der Waals surface area contributed by atoms with Crippen LogP contribution in [0, 0.1) is 0 Å². The van der Waals surface area contributed by atoms with E-state index in [1.54, 1.807) is 6.26 Å². The number of carbonyl (C=O) groups is 6. The SMILES string of the molecule is CSCCC(NC(=O)C(CCC(N)=O)NC(=O)C(CCC(=O)O)NC(=O)C(C)N)C(=O)O. The van der Waals surface area contributed by atoms with E-state index in [1.807, 2.05) is 0 Å². The molecule has 0 aromatic rings. The molecular formula is C18H31N5O8S. The molecule has 0 aromatic carbocycles. The Kier molecular flexibility index (Phi) is 13.7. The van der Waals surface area contributed by atoms with Crippen molar-refractivity contribution in [2.75, 3.05) is 12.0 Å². The fourth-order valence-electron chi connectivity index (χ4n) is 2.43. The Morgan fingerprint density at radius 2 is 1.28 bits per heavy atom. The van der Waals surface area contributed by atoms with Crippen LogP contribution >= 0.6 is 11.8 Å². The van der Waals surface area contributed by atoms with Crippen LogP contribution in [0.1, 0.15) is 39.0 Å². The number of primary amides is 1. The van der Waals surface area contributed by atoms with Crippen molar-refractivity contribution in [3.8, 4) is 0 Å². The summed E-state index contributed by atoms with van der Waals surface area (Å²) in [4.78, 5) is 70.7. The molecule has 0 rings (SSSR count). The summed E-state index contributed by atoms with van der Waals surface area (Å²) in [5.74, 6) is -5.23. The van der Waals surface area contributed by atoms with E-state index >= 15 is 0 Å². The van der Waals surface area contributed by atoms with Crippen LogP contribution in [0.25, 0.3) is 0 Å². The summed E-state index contributed by atoms with van der Waals surface area (Å²) in [6, 6.07) is -4.86. The van der Waals surface area contributed by atoms with E-state index in [0.29, 0.717) is 5.75 Å². The van der Waals surface area contributed by atoms with E-state index in [0.717, 1.165) is 0 Å². The van der Waals surface area contributed by atoms with Gasteiger partial charge in [0, 0.05) is 12.8 Å². The van der Waals surface area contributed by atoms with Crippen molar-refractivity contribution in [1.29, 1.82) is 0 Å². The number of aliphatic carboxylic acids is 2. The van der Waals surface area contributed by atoms with Crippen molar-refractivity contribution in [1.82, 2.24) is 16.0 Å². The van der Waals surface area contributed by atoms with E-state index in [4.69, 9.17) is 16.6 Å². The van der Waals surface area contributed by atoms with Gasteiger partial charge in [0.05, 0.1) is 6.04 Å². The van der Waals surface area contributed by atoms with Gasteiger partial charge in [-0.3, -0.25) is 24.0 Å². The number of carbonyl (C=O) groups excluding carboxylic acids is 4. The van der Waals surface area contributed by atoms with E-state index < -0.39 is 66.2 Å². The molecule has 0 fully saturated rings. The molecule has 14 heteroatoms. The predicted molar refractivity (Wildman–Crippen MR) is 115 cm³/mol. The van der Waals surface area contributed by atoms with Crippen molar-refractivity contribution >= 4 is 47.3 Å². The number of rotatable bonds is 16. The molecule has 32 heavy (non-hydrogen) atoms. The summed E-state index contributed by atoms with van der Waals surface area (Å²) in [6.07, 6.45) is 0.650. The number of nitrogens with one attached hydrogen (secondary N) is 3. The third kappa shape index (κ3) is 12.1. The van der Waals surface area contributed by atoms with Gasteiger partial charge in [-0.1, -0.05) is 0 Å². The number of amides is 4. The minimum atomic E-state index is -1.34. The molecule has 0 aromatic heterocycles. The third-order valence-electron chi connectivity index (χ3n) is 4.23. The Labute approximate surface area is 189 Å². The standard InChI is InChI=1S/C18H31N5O8S/c1-9(19)15(27)21-11(4-6-14(25)26)16(28)22-10(3-5-13(20)24)17(29)23-12(18(30)31)7-8-32-2/h9-12H,3-8,19H2,1-2H3,(H2,20,24)(H,21,27)(H,22,28)(H,23,29)(H,25,26)(H,30,31). The minimum Gasteiger partial charge on any atom is -0.481 e. The summed E-state index contributed by atoms with van der Waals surface area (Å²) < 4.78 is 0. The molecule has 0 heterocycles. The molecule has 4 amide bonds. The first-order chi connectivity index (χ1) is 14.9. The highest BCUT2D eigenvalue weighted by Gasteiger charge is 2.30. The van der Waals surface area contributed by atoms with Gasteiger partial charge in [-0.15, -0.1) is 0 Å². The molecule has 9 N–H and O–H groups in total. The summed E-state index contributed by atoms with van der Waals surface area (Å²) >= 11 is 1.38. The van der Waals surface area contributed by atoms with Crippen LogP contribution in [0.15, 0.2) is 0 Å². The maximum Gasteiger partial charge on any atom is 0.326 e. The van der Waals surface area contributed by atoms with Gasteiger partial charge in [-0.25, -0.2) is 4.79 Å². The molecule has 0 bridgehead atoms. The number of hydrogen-bond acceptors (Lipinski definition) is 8. The van der Waals surface area contributed by atoms with Crippen molar-refractivity contribution in [3.63, 3.8) is 0 Å². The normalized spacial score (nSPS) is 14.3. The van der Waals surface area contributed by atoms with Crippen LogP contribution in [-0.4, -0.2) is 82.0 Å². The summed E-state index contributed by atoms with van der Waals surface area (Å²) in [5, 5.41) is 25.1. The molecule has 0 saturated carbocycles. The van der Waals surface area contributed by atoms with E-state index in [9.17, 15) is 33.9 Å². The molecule has 0 aliphatic heterocycles. The van der Waals surface area contributed by atoms with Crippen LogP contribution in [0.5, 0.6) is 0 Å². The number of nitrogens with two attached hydrogens (primary N) is 2. The lowest BCUT2D eigenvalue weighted by molar-refractivity contribution is -0.142. The first-order valence-corrected chi connectivity index (χ1v) is 11.2. The second-order valence-corrected chi connectivity index (χ2v) is 8.01. The number of carboxylic acid groups (broad SMARTS) is 2. The van der Waals surface area contributed by atoms with Gasteiger partial charge in [0.25, 0.3) is 0 Å². The lowest BCUT2D eigenvalue weighted by Gasteiger charge is -2.24. The average molecular weight is 478 g/mol. The average Bonchev–Trinajstić information content (AvgIpc) is 2.69. The number of carboxylic acids is 2. The van der Waals surface area contributed by atoms with Crippen molar-refractivity contribution < 1.29 is 39.0 Å². The minimum absolute atomic E-state index is 0.129. The molecule has 0 aliphatic rings. The Morgan fingerprint density at radius 1 is 0.812 bits per heavy atom. The van der Waals surface area contributed by atoms with Crippen LogP contribution in [-0.2, 0) is 28.8 Å². The molecule has 0 spiro atoms. The maximum absolute atomic E-state index is 12.7. The highest BCUT2D eigenvalue weighted by molar-refractivity contribution is 7.98. The van der Waals surface area contributed by atoms with E-state index in [2.05, 4.69) is 16.0 Å². The van der Waals surface area contributed by atoms with Gasteiger partial charge >= 0.3 is 11.9 Å². The van der Waals surface area contributed by atoms with Gasteiger partial charge < -0.3 is 37.6 Å². The van der Waals surface area contributed by atoms with Crippen molar-refractivity contribution in [3.05, 3.63) is 0 Å². The molecule has 0 aliphatic carbocycles. The Hall–Kier alpha value is -2.87. The maximum atomic E-state index is 12.7. The van der Waals surface area contributed by atoms with Crippen LogP contribution in [0.3, 0.4) is 0 Å². The van der Waals surface area contributed by atoms with Gasteiger partial charge in [0.15, 0.2) is 0 Å². The monoisotopic (exact) mass is 477 g/mol. The first kappa shape index (κ1) is 29.1.